The van der Waals surface area contributed by atoms with E-state index in [1.807, 2.05) is 6.07 Å². The molecule has 0 spiro atoms. The van der Waals surface area contributed by atoms with Crippen molar-refractivity contribution in [2.45, 2.75) is 25.7 Å². The fourth-order valence-electron chi connectivity index (χ4n) is 2.37. The molecular formula is C16H18N2O2. The van der Waals surface area contributed by atoms with Gasteiger partial charge in [0.25, 0.3) is 5.91 Å². The molecule has 1 amide bonds. The first kappa shape index (κ1) is 14.1. The van der Waals surface area contributed by atoms with E-state index in [9.17, 15) is 15.2 Å². The molecule has 1 aliphatic rings. The summed E-state index contributed by atoms with van der Waals surface area (Å²) >= 11 is 0. The second kappa shape index (κ2) is 6.76. The number of nitriles is 1. The predicted octanol–water partition coefficient (Wildman–Crippen LogP) is 2.70. The first-order valence-corrected chi connectivity index (χ1v) is 6.91. The van der Waals surface area contributed by atoms with Crippen molar-refractivity contribution in [2.24, 2.45) is 0 Å². The summed E-state index contributed by atoms with van der Waals surface area (Å²) in [6.07, 6.45) is 5.81. The van der Waals surface area contributed by atoms with Crippen LogP contribution in [0.25, 0.3) is 6.08 Å². The summed E-state index contributed by atoms with van der Waals surface area (Å²) in [5.74, 6) is -0.0870. The van der Waals surface area contributed by atoms with Crippen LogP contribution in [0.3, 0.4) is 0 Å². The van der Waals surface area contributed by atoms with Crippen LogP contribution in [-0.2, 0) is 4.79 Å². The molecule has 0 radical (unpaired) electrons. The number of amides is 1. The Morgan fingerprint density at radius 2 is 1.95 bits per heavy atom. The van der Waals surface area contributed by atoms with Crippen LogP contribution < -0.4 is 0 Å². The molecule has 4 heteroatoms. The number of likely N-dealkylation sites (tertiary alicyclic amines) is 1. The van der Waals surface area contributed by atoms with Gasteiger partial charge in [-0.25, -0.2) is 0 Å². The van der Waals surface area contributed by atoms with E-state index in [2.05, 4.69) is 0 Å². The van der Waals surface area contributed by atoms with Crippen molar-refractivity contribution in [3.8, 4) is 11.8 Å². The number of hydrogen-bond acceptors (Lipinski definition) is 3. The SMILES string of the molecule is N#C/C(=C\c1cccc(O)c1)C(=O)N1CCCCCC1. The largest absolute Gasteiger partial charge is 0.508 e. The Kier molecular flexibility index (Phi) is 4.78. The lowest BCUT2D eigenvalue weighted by molar-refractivity contribution is -0.126. The molecule has 1 N–H and O–H groups in total. The third-order valence-electron chi connectivity index (χ3n) is 3.43. The van der Waals surface area contributed by atoms with Gasteiger partial charge >= 0.3 is 0 Å². The quantitative estimate of drug-likeness (QED) is 0.663. The molecule has 0 aliphatic carbocycles. The molecule has 1 saturated heterocycles. The zero-order chi connectivity index (χ0) is 14.4. The molecule has 1 fully saturated rings. The number of phenolic OH excluding ortho intramolecular Hbond substituents is 1. The Morgan fingerprint density at radius 3 is 2.55 bits per heavy atom. The molecule has 1 heterocycles. The molecule has 0 saturated carbocycles. The number of hydrogen-bond donors (Lipinski definition) is 1. The fourth-order valence-corrected chi connectivity index (χ4v) is 2.37. The van der Waals surface area contributed by atoms with E-state index in [0.717, 1.165) is 38.8 Å². The van der Waals surface area contributed by atoms with Gasteiger partial charge in [-0.15, -0.1) is 0 Å². The number of carbonyl (C=O) groups excluding carboxylic acids is 1. The molecule has 1 aromatic carbocycles. The van der Waals surface area contributed by atoms with Crippen molar-refractivity contribution in [3.05, 3.63) is 35.4 Å². The molecule has 0 bridgehead atoms. The van der Waals surface area contributed by atoms with Gasteiger partial charge in [-0.05, 0) is 36.6 Å². The van der Waals surface area contributed by atoms with Crippen molar-refractivity contribution in [2.75, 3.05) is 13.1 Å². The van der Waals surface area contributed by atoms with E-state index in [1.165, 1.54) is 12.1 Å². The van der Waals surface area contributed by atoms with Crippen LogP contribution >= 0.6 is 0 Å². The van der Waals surface area contributed by atoms with E-state index in [-0.39, 0.29) is 17.2 Å². The number of rotatable bonds is 2. The summed E-state index contributed by atoms with van der Waals surface area (Å²) < 4.78 is 0. The van der Waals surface area contributed by atoms with Crippen molar-refractivity contribution in [3.63, 3.8) is 0 Å². The molecule has 1 aromatic rings. The number of aromatic hydroxyl groups is 1. The maximum atomic E-state index is 12.3. The smallest absolute Gasteiger partial charge is 0.264 e. The van der Waals surface area contributed by atoms with Crippen LogP contribution in [0.5, 0.6) is 5.75 Å². The van der Waals surface area contributed by atoms with E-state index in [4.69, 9.17) is 0 Å². The lowest BCUT2D eigenvalue weighted by Gasteiger charge is -2.19. The van der Waals surface area contributed by atoms with Gasteiger partial charge in [0.2, 0.25) is 0 Å². The number of benzene rings is 1. The minimum Gasteiger partial charge on any atom is -0.508 e. The minimum atomic E-state index is -0.210. The topological polar surface area (TPSA) is 64.3 Å². The van der Waals surface area contributed by atoms with E-state index in [0.29, 0.717) is 5.56 Å². The first-order chi connectivity index (χ1) is 9.70. The van der Waals surface area contributed by atoms with E-state index >= 15 is 0 Å². The highest BCUT2D eigenvalue weighted by atomic mass is 16.3. The fraction of sp³-hybridized carbons (Fsp3) is 0.375. The Hall–Kier alpha value is -2.28. The van der Waals surface area contributed by atoms with Crippen molar-refractivity contribution < 1.29 is 9.90 Å². The molecule has 20 heavy (non-hydrogen) atoms. The normalized spacial score (nSPS) is 16.4. The number of nitrogens with zero attached hydrogens (tertiary/aromatic N) is 2. The summed E-state index contributed by atoms with van der Waals surface area (Å²) in [7, 11) is 0. The van der Waals surface area contributed by atoms with Crippen molar-refractivity contribution in [1.82, 2.24) is 4.90 Å². The van der Waals surface area contributed by atoms with Crippen molar-refractivity contribution >= 4 is 12.0 Å². The van der Waals surface area contributed by atoms with Crippen LogP contribution in [0.1, 0.15) is 31.2 Å². The highest BCUT2D eigenvalue weighted by Crippen LogP contribution is 2.17. The van der Waals surface area contributed by atoms with E-state index < -0.39 is 0 Å². The standard InChI is InChI=1S/C16H18N2O2/c17-12-14(10-13-6-5-7-15(19)11-13)16(20)18-8-3-1-2-4-9-18/h5-7,10-11,19H,1-4,8-9H2/b14-10+. The first-order valence-electron chi connectivity index (χ1n) is 6.91. The van der Waals surface area contributed by atoms with Crippen LogP contribution in [0, 0.1) is 11.3 Å². The molecule has 104 valence electrons. The van der Waals surface area contributed by atoms with Gasteiger partial charge in [-0.3, -0.25) is 4.79 Å². The number of phenols is 1. The molecular weight excluding hydrogens is 252 g/mol. The van der Waals surface area contributed by atoms with E-state index in [1.54, 1.807) is 23.1 Å². The van der Waals surface area contributed by atoms with Gasteiger partial charge < -0.3 is 10.0 Å². The summed E-state index contributed by atoms with van der Waals surface area (Å²) in [5, 5.41) is 18.6. The van der Waals surface area contributed by atoms with Gasteiger partial charge in [-0.2, -0.15) is 5.26 Å². The van der Waals surface area contributed by atoms with Crippen LogP contribution in [-0.4, -0.2) is 29.0 Å². The van der Waals surface area contributed by atoms with Crippen molar-refractivity contribution in [1.29, 1.82) is 5.26 Å². The Bertz CT molecular complexity index is 550. The zero-order valence-electron chi connectivity index (χ0n) is 11.4. The van der Waals surface area contributed by atoms with Gasteiger partial charge in [0.1, 0.15) is 17.4 Å². The van der Waals surface area contributed by atoms with Gasteiger partial charge in [0, 0.05) is 13.1 Å². The predicted molar refractivity (Wildman–Crippen MR) is 76.7 cm³/mol. The Labute approximate surface area is 118 Å². The molecule has 0 unspecified atom stereocenters. The van der Waals surface area contributed by atoms with Crippen LogP contribution in [0.15, 0.2) is 29.8 Å². The maximum absolute atomic E-state index is 12.3. The molecule has 2 rings (SSSR count). The second-order valence-corrected chi connectivity index (χ2v) is 4.97. The third-order valence-corrected chi connectivity index (χ3v) is 3.43. The van der Waals surface area contributed by atoms with Gasteiger partial charge in [0.05, 0.1) is 0 Å². The zero-order valence-corrected chi connectivity index (χ0v) is 11.4. The average Bonchev–Trinajstić information content (AvgIpc) is 2.73. The summed E-state index contributed by atoms with van der Waals surface area (Å²) in [5.41, 5.74) is 0.780. The Morgan fingerprint density at radius 1 is 1.25 bits per heavy atom. The third kappa shape index (κ3) is 3.61. The summed E-state index contributed by atoms with van der Waals surface area (Å²) in [6.45, 7) is 1.44. The Balaban J connectivity index is 2.18. The lowest BCUT2D eigenvalue weighted by Crippen LogP contribution is -2.32. The molecule has 1 aliphatic heterocycles. The maximum Gasteiger partial charge on any atom is 0.264 e. The molecule has 0 atom stereocenters. The summed E-state index contributed by atoms with van der Waals surface area (Å²) in [4.78, 5) is 14.1. The monoisotopic (exact) mass is 270 g/mol. The minimum absolute atomic E-state index is 0.123. The van der Waals surface area contributed by atoms with Gasteiger partial charge in [0.15, 0.2) is 0 Å². The summed E-state index contributed by atoms with van der Waals surface area (Å²) in [6, 6.07) is 8.51. The lowest BCUT2D eigenvalue weighted by atomic mass is 10.1. The number of carbonyl (C=O) groups is 1. The molecule has 0 aromatic heterocycles. The second-order valence-electron chi connectivity index (χ2n) is 4.97. The average molecular weight is 270 g/mol. The van der Waals surface area contributed by atoms with Crippen LogP contribution in [0.2, 0.25) is 0 Å². The molecule has 4 nitrogen and oxygen atoms in total. The highest BCUT2D eigenvalue weighted by molar-refractivity contribution is 6.01. The highest BCUT2D eigenvalue weighted by Gasteiger charge is 2.19. The van der Waals surface area contributed by atoms with Crippen LogP contribution in [0.4, 0.5) is 0 Å². The van der Waals surface area contributed by atoms with Gasteiger partial charge in [-0.1, -0.05) is 25.0 Å².